The highest BCUT2D eigenvalue weighted by atomic mass is 16.1. The molecule has 2 aromatic rings. The number of hydrogen-bond donors (Lipinski definition) is 1. The number of hydrogen-bond acceptors (Lipinski definition) is 2. The van der Waals surface area contributed by atoms with Gasteiger partial charge in [0, 0.05) is 0 Å². The third-order valence-electron chi connectivity index (χ3n) is 2.94. The van der Waals surface area contributed by atoms with E-state index in [1.54, 1.807) is 0 Å². The minimum atomic E-state index is -0.469. The fourth-order valence-corrected chi connectivity index (χ4v) is 2.00. The summed E-state index contributed by atoms with van der Waals surface area (Å²) in [5.41, 5.74) is 3.26. The molecule has 0 unspecified atom stereocenters. The predicted octanol–water partition coefficient (Wildman–Crippen LogP) is 2.21. The minimum Gasteiger partial charge on any atom is -0.349 e. The van der Waals surface area contributed by atoms with Crippen molar-refractivity contribution >= 4 is 12.7 Å². The molecule has 96 valence electrons. The second-order valence-electron chi connectivity index (χ2n) is 4.30. The van der Waals surface area contributed by atoms with Gasteiger partial charge in [0.15, 0.2) is 0 Å². The highest BCUT2D eigenvalue weighted by molar-refractivity contribution is 5.66. The van der Waals surface area contributed by atoms with E-state index >= 15 is 0 Å². The van der Waals surface area contributed by atoms with Gasteiger partial charge in [-0.1, -0.05) is 54.6 Å². The molecule has 19 heavy (non-hydrogen) atoms. The third-order valence-corrected chi connectivity index (χ3v) is 2.94. The Morgan fingerprint density at radius 2 is 1.68 bits per heavy atom. The first-order valence-electron chi connectivity index (χ1n) is 6.13. The van der Waals surface area contributed by atoms with Gasteiger partial charge >= 0.3 is 0 Å². The number of aldehydes is 1. The van der Waals surface area contributed by atoms with E-state index in [-0.39, 0.29) is 0 Å². The summed E-state index contributed by atoms with van der Waals surface area (Å²) in [6.45, 7) is 0. The average molecular weight is 253 g/mol. The summed E-state index contributed by atoms with van der Waals surface area (Å²) in [6, 6.07) is 17.6. The number of carbonyl (C=O) groups is 2. The van der Waals surface area contributed by atoms with Crippen molar-refractivity contribution in [1.29, 1.82) is 0 Å². The summed E-state index contributed by atoms with van der Waals surface area (Å²) in [4.78, 5) is 21.2. The van der Waals surface area contributed by atoms with Crippen LogP contribution in [0.15, 0.2) is 54.6 Å². The normalized spacial score (nSPS) is 11.6. The van der Waals surface area contributed by atoms with Crippen LogP contribution in [0, 0.1) is 0 Å². The predicted molar refractivity (Wildman–Crippen MR) is 74.6 cm³/mol. The molecular formula is C16H15NO2. The number of amides is 1. The Labute approximate surface area is 112 Å². The zero-order chi connectivity index (χ0) is 13.5. The lowest BCUT2D eigenvalue weighted by molar-refractivity contribution is -0.115. The van der Waals surface area contributed by atoms with Crippen LogP contribution in [0.2, 0.25) is 0 Å². The van der Waals surface area contributed by atoms with Gasteiger partial charge in [-0.2, -0.15) is 0 Å². The lowest BCUT2D eigenvalue weighted by Gasteiger charge is -2.10. The van der Waals surface area contributed by atoms with Crippen molar-refractivity contribution in [1.82, 2.24) is 5.32 Å². The number of nitrogens with one attached hydrogen (secondary N) is 1. The van der Waals surface area contributed by atoms with Gasteiger partial charge in [0.25, 0.3) is 0 Å². The maximum atomic E-state index is 10.8. The number of rotatable bonds is 6. The van der Waals surface area contributed by atoms with Gasteiger partial charge in [0.05, 0.1) is 6.04 Å². The Hall–Kier alpha value is -2.42. The van der Waals surface area contributed by atoms with E-state index in [4.69, 9.17) is 0 Å². The molecular weight excluding hydrogens is 238 g/mol. The van der Waals surface area contributed by atoms with E-state index in [1.807, 2.05) is 54.6 Å². The van der Waals surface area contributed by atoms with Gasteiger partial charge in [-0.3, -0.25) is 4.79 Å². The van der Waals surface area contributed by atoms with Gasteiger partial charge in [0.2, 0.25) is 6.41 Å². The minimum absolute atomic E-state index is 0.469. The lowest BCUT2D eigenvalue weighted by atomic mass is 10.00. The summed E-state index contributed by atoms with van der Waals surface area (Å²) in [6.07, 6.45) is 1.81. The molecule has 0 bridgehead atoms. The molecule has 2 aromatic carbocycles. The monoisotopic (exact) mass is 253 g/mol. The number of benzene rings is 2. The highest BCUT2D eigenvalue weighted by Crippen LogP contribution is 2.20. The van der Waals surface area contributed by atoms with Crippen molar-refractivity contribution in [2.75, 3.05) is 0 Å². The van der Waals surface area contributed by atoms with Crippen LogP contribution in [0.3, 0.4) is 0 Å². The second-order valence-corrected chi connectivity index (χ2v) is 4.30. The molecule has 0 radical (unpaired) electrons. The molecule has 0 fully saturated rings. The molecule has 0 saturated carbocycles. The van der Waals surface area contributed by atoms with Crippen LogP contribution < -0.4 is 5.32 Å². The molecule has 3 nitrogen and oxygen atoms in total. The molecule has 0 saturated heterocycles. The van der Waals surface area contributed by atoms with Crippen molar-refractivity contribution in [2.45, 2.75) is 12.5 Å². The molecule has 0 aliphatic rings. The highest BCUT2D eigenvalue weighted by Gasteiger charge is 2.07. The van der Waals surface area contributed by atoms with Gasteiger partial charge in [0.1, 0.15) is 6.29 Å². The van der Waals surface area contributed by atoms with Crippen molar-refractivity contribution < 1.29 is 9.59 Å². The molecule has 0 aliphatic carbocycles. The summed E-state index contributed by atoms with van der Waals surface area (Å²) in [7, 11) is 0. The average Bonchev–Trinajstić information content (AvgIpc) is 2.48. The smallest absolute Gasteiger partial charge is 0.207 e. The fourth-order valence-electron chi connectivity index (χ4n) is 2.00. The summed E-state index contributed by atoms with van der Waals surface area (Å²) in [5.74, 6) is 0. The van der Waals surface area contributed by atoms with E-state index in [0.29, 0.717) is 12.8 Å². The van der Waals surface area contributed by atoms with Crippen LogP contribution in [-0.2, 0) is 16.0 Å². The van der Waals surface area contributed by atoms with E-state index < -0.39 is 6.04 Å². The number of carbonyl (C=O) groups excluding carboxylic acids is 2. The van der Waals surface area contributed by atoms with Crippen LogP contribution in [0.5, 0.6) is 0 Å². The van der Waals surface area contributed by atoms with Crippen molar-refractivity contribution in [3.63, 3.8) is 0 Å². The Morgan fingerprint density at radius 3 is 2.37 bits per heavy atom. The Kier molecular flexibility index (Phi) is 4.45. The molecule has 0 aromatic heterocycles. The van der Waals surface area contributed by atoms with Crippen molar-refractivity contribution in [2.24, 2.45) is 0 Å². The standard InChI is InChI=1S/C16H15NO2/c18-11-16(17-12-19)10-13-5-4-8-15(9-13)14-6-2-1-3-7-14/h1-9,11-12,16H,10H2,(H,17,19)/t16-/m0/s1. The molecule has 2 rings (SSSR count). The first kappa shape index (κ1) is 13.0. The Bertz CT molecular complexity index is 552. The second kappa shape index (κ2) is 6.50. The Balaban J connectivity index is 2.20. The molecule has 0 spiro atoms. The molecule has 0 heterocycles. The van der Waals surface area contributed by atoms with E-state index in [2.05, 4.69) is 5.32 Å². The first-order chi connectivity index (χ1) is 9.33. The molecule has 1 N–H and O–H groups in total. The molecule has 3 heteroatoms. The van der Waals surface area contributed by atoms with Crippen LogP contribution in [0.4, 0.5) is 0 Å². The van der Waals surface area contributed by atoms with Gasteiger partial charge in [-0.15, -0.1) is 0 Å². The zero-order valence-corrected chi connectivity index (χ0v) is 10.5. The van der Waals surface area contributed by atoms with Crippen molar-refractivity contribution in [3.05, 3.63) is 60.2 Å². The van der Waals surface area contributed by atoms with E-state index in [9.17, 15) is 9.59 Å². The van der Waals surface area contributed by atoms with Crippen LogP contribution in [-0.4, -0.2) is 18.7 Å². The SMILES string of the molecule is O=CN[C@H](C=O)Cc1cccc(-c2ccccc2)c1. The Morgan fingerprint density at radius 1 is 0.947 bits per heavy atom. The quantitative estimate of drug-likeness (QED) is 0.802. The summed E-state index contributed by atoms with van der Waals surface area (Å²) >= 11 is 0. The van der Waals surface area contributed by atoms with Gasteiger partial charge in [-0.05, 0) is 23.1 Å². The third kappa shape index (κ3) is 3.52. The molecule has 0 aliphatic heterocycles. The van der Waals surface area contributed by atoms with E-state index in [1.165, 1.54) is 0 Å². The van der Waals surface area contributed by atoms with E-state index in [0.717, 1.165) is 23.0 Å². The first-order valence-corrected chi connectivity index (χ1v) is 6.13. The maximum absolute atomic E-state index is 10.8. The topological polar surface area (TPSA) is 46.2 Å². The lowest BCUT2D eigenvalue weighted by Crippen LogP contribution is -2.31. The summed E-state index contributed by atoms with van der Waals surface area (Å²) in [5, 5.41) is 2.49. The molecule has 1 amide bonds. The fraction of sp³-hybridized carbons (Fsp3) is 0.125. The van der Waals surface area contributed by atoms with Crippen molar-refractivity contribution in [3.8, 4) is 11.1 Å². The van der Waals surface area contributed by atoms with Crippen LogP contribution in [0.25, 0.3) is 11.1 Å². The van der Waals surface area contributed by atoms with Gasteiger partial charge < -0.3 is 10.1 Å². The van der Waals surface area contributed by atoms with Crippen LogP contribution >= 0.6 is 0 Å². The molecule has 1 atom stereocenters. The maximum Gasteiger partial charge on any atom is 0.207 e. The van der Waals surface area contributed by atoms with Gasteiger partial charge in [-0.25, -0.2) is 0 Å². The zero-order valence-electron chi connectivity index (χ0n) is 10.5. The van der Waals surface area contributed by atoms with Crippen LogP contribution in [0.1, 0.15) is 5.56 Å². The summed E-state index contributed by atoms with van der Waals surface area (Å²) < 4.78 is 0. The largest absolute Gasteiger partial charge is 0.349 e.